The molecule has 1 rings (SSSR count). The fraction of sp³-hybridized carbons (Fsp3) is 0.500. The molecule has 1 aromatic rings. The summed E-state index contributed by atoms with van der Waals surface area (Å²) in [6, 6.07) is 3.54. The number of pyridine rings is 1. The number of aldehydes is 1. The Morgan fingerprint density at radius 3 is 2.71 bits per heavy atom. The van der Waals surface area contributed by atoms with E-state index in [-0.39, 0.29) is 0 Å². The molecule has 5 heteroatoms. The number of ether oxygens (including phenoxy) is 3. The third kappa shape index (κ3) is 4.93. The van der Waals surface area contributed by atoms with Gasteiger partial charge in [-0.15, -0.1) is 0 Å². The molecule has 0 aromatic carbocycles. The molecule has 0 amide bonds. The quantitative estimate of drug-likeness (QED) is 0.504. The molecule has 5 nitrogen and oxygen atoms in total. The van der Waals surface area contributed by atoms with Gasteiger partial charge in [-0.05, 0) is 19.1 Å². The molecule has 0 radical (unpaired) electrons. The molecule has 0 unspecified atom stereocenters. The fourth-order valence-corrected chi connectivity index (χ4v) is 1.23. The minimum Gasteiger partial charge on any atom is -0.489 e. The van der Waals surface area contributed by atoms with Crippen LogP contribution in [-0.2, 0) is 9.47 Å². The van der Waals surface area contributed by atoms with Crippen LogP contribution in [0.2, 0.25) is 0 Å². The highest BCUT2D eigenvalue weighted by Gasteiger charge is 2.04. The Bertz CT molecular complexity index is 354. The maximum absolute atomic E-state index is 10.8. The third-order valence-electron chi connectivity index (χ3n) is 2.05. The van der Waals surface area contributed by atoms with E-state index in [9.17, 15) is 4.79 Å². The van der Waals surface area contributed by atoms with E-state index >= 15 is 0 Å². The minimum atomic E-state index is 0.321. The SMILES string of the molecule is COCCOCCOc1ccc(C)nc1C=O. The summed E-state index contributed by atoms with van der Waals surface area (Å²) in [5.74, 6) is 0.487. The van der Waals surface area contributed by atoms with E-state index in [1.165, 1.54) is 0 Å². The van der Waals surface area contributed by atoms with Gasteiger partial charge in [0.15, 0.2) is 6.29 Å². The highest BCUT2D eigenvalue weighted by molar-refractivity contribution is 5.76. The van der Waals surface area contributed by atoms with Crippen LogP contribution in [0.4, 0.5) is 0 Å². The van der Waals surface area contributed by atoms with Gasteiger partial charge in [0.2, 0.25) is 0 Å². The van der Waals surface area contributed by atoms with Crippen molar-refractivity contribution in [3.8, 4) is 5.75 Å². The summed E-state index contributed by atoms with van der Waals surface area (Å²) in [7, 11) is 1.62. The normalized spacial score (nSPS) is 10.2. The minimum absolute atomic E-state index is 0.321. The summed E-state index contributed by atoms with van der Waals surface area (Å²) in [6.07, 6.45) is 0.689. The summed E-state index contributed by atoms with van der Waals surface area (Å²) in [4.78, 5) is 14.8. The number of methoxy groups -OCH3 is 1. The lowest BCUT2D eigenvalue weighted by atomic mass is 10.3. The topological polar surface area (TPSA) is 57.6 Å². The van der Waals surface area contributed by atoms with Crippen LogP contribution in [0.5, 0.6) is 5.75 Å². The lowest BCUT2D eigenvalue weighted by Gasteiger charge is -2.08. The van der Waals surface area contributed by atoms with E-state index in [1.807, 2.05) is 6.92 Å². The molecule has 0 bridgehead atoms. The molecule has 1 aromatic heterocycles. The van der Waals surface area contributed by atoms with Crippen LogP contribution in [0, 0.1) is 6.92 Å². The number of hydrogen-bond acceptors (Lipinski definition) is 5. The standard InChI is InChI=1S/C12H17NO4/c1-10-3-4-12(11(9-14)13-10)17-8-7-16-6-5-15-2/h3-4,9H,5-8H2,1-2H3. The Hall–Kier alpha value is -1.46. The predicted octanol–water partition coefficient (Wildman–Crippen LogP) is 1.24. The Morgan fingerprint density at radius 1 is 1.24 bits per heavy atom. The van der Waals surface area contributed by atoms with Gasteiger partial charge in [-0.1, -0.05) is 0 Å². The van der Waals surface area contributed by atoms with Gasteiger partial charge in [-0.2, -0.15) is 0 Å². The number of aromatic nitrogens is 1. The summed E-state index contributed by atoms with van der Waals surface area (Å²) in [6.45, 7) is 3.76. The van der Waals surface area contributed by atoms with E-state index in [0.29, 0.717) is 44.2 Å². The smallest absolute Gasteiger partial charge is 0.172 e. The van der Waals surface area contributed by atoms with Crippen molar-refractivity contribution >= 4 is 6.29 Å². The highest BCUT2D eigenvalue weighted by Crippen LogP contribution is 2.14. The summed E-state index contributed by atoms with van der Waals surface area (Å²) in [5.41, 5.74) is 1.11. The molecule has 0 N–H and O–H groups in total. The maximum atomic E-state index is 10.8. The molecule has 0 aliphatic rings. The van der Waals surface area contributed by atoms with Gasteiger partial charge in [0.05, 0.1) is 19.8 Å². The molecule has 0 atom stereocenters. The van der Waals surface area contributed by atoms with Crippen molar-refractivity contribution in [3.63, 3.8) is 0 Å². The first-order valence-corrected chi connectivity index (χ1v) is 5.40. The van der Waals surface area contributed by atoms with E-state index in [4.69, 9.17) is 14.2 Å². The number of hydrogen-bond donors (Lipinski definition) is 0. The molecular formula is C12H17NO4. The van der Waals surface area contributed by atoms with E-state index in [1.54, 1.807) is 19.2 Å². The van der Waals surface area contributed by atoms with Crippen molar-refractivity contribution < 1.29 is 19.0 Å². The van der Waals surface area contributed by atoms with Crippen LogP contribution in [0.3, 0.4) is 0 Å². The Morgan fingerprint density at radius 2 is 2.00 bits per heavy atom. The zero-order chi connectivity index (χ0) is 12.5. The monoisotopic (exact) mass is 239 g/mol. The summed E-state index contributed by atoms with van der Waals surface area (Å²) >= 11 is 0. The van der Waals surface area contributed by atoms with Crippen molar-refractivity contribution in [1.29, 1.82) is 0 Å². The molecule has 0 spiro atoms. The molecular weight excluding hydrogens is 222 g/mol. The first-order chi connectivity index (χ1) is 8.27. The van der Waals surface area contributed by atoms with Crippen molar-refractivity contribution in [2.45, 2.75) is 6.92 Å². The van der Waals surface area contributed by atoms with Crippen LogP contribution in [-0.4, -0.2) is 44.8 Å². The van der Waals surface area contributed by atoms with Gasteiger partial charge < -0.3 is 14.2 Å². The van der Waals surface area contributed by atoms with Gasteiger partial charge >= 0.3 is 0 Å². The zero-order valence-corrected chi connectivity index (χ0v) is 10.1. The maximum Gasteiger partial charge on any atom is 0.172 e. The van der Waals surface area contributed by atoms with E-state index in [0.717, 1.165) is 5.69 Å². The summed E-state index contributed by atoms with van der Waals surface area (Å²) in [5, 5.41) is 0. The van der Waals surface area contributed by atoms with Crippen molar-refractivity contribution in [3.05, 3.63) is 23.5 Å². The Kier molecular flexibility index (Phi) is 6.21. The lowest BCUT2D eigenvalue weighted by Crippen LogP contribution is -2.11. The second kappa shape index (κ2) is 7.76. The number of aryl methyl sites for hydroxylation is 1. The first-order valence-electron chi connectivity index (χ1n) is 5.40. The number of carbonyl (C=O) groups is 1. The van der Waals surface area contributed by atoms with Crippen LogP contribution >= 0.6 is 0 Å². The predicted molar refractivity (Wildman–Crippen MR) is 62.6 cm³/mol. The van der Waals surface area contributed by atoms with Gasteiger partial charge in [0, 0.05) is 12.8 Å². The molecule has 17 heavy (non-hydrogen) atoms. The van der Waals surface area contributed by atoms with Gasteiger partial charge in [-0.3, -0.25) is 4.79 Å². The second-order valence-electron chi connectivity index (χ2n) is 3.41. The van der Waals surface area contributed by atoms with E-state index in [2.05, 4.69) is 4.98 Å². The highest BCUT2D eigenvalue weighted by atomic mass is 16.5. The Labute approximate surface area is 101 Å². The number of rotatable bonds is 8. The van der Waals surface area contributed by atoms with Crippen LogP contribution in [0.25, 0.3) is 0 Å². The lowest BCUT2D eigenvalue weighted by molar-refractivity contribution is 0.0542. The molecule has 0 aliphatic heterocycles. The van der Waals surface area contributed by atoms with Gasteiger partial charge in [0.25, 0.3) is 0 Å². The van der Waals surface area contributed by atoms with Crippen LogP contribution < -0.4 is 4.74 Å². The van der Waals surface area contributed by atoms with Crippen LogP contribution in [0.1, 0.15) is 16.2 Å². The Balaban J connectivity index is 2.33. The largest absolute Gasteiger partial charge is 0.489 e. The zero-order valence-electron chi connectivity index (χ0n) is 10.1. The average Bonchev–Trinajstić information content (AvgIpc) is 2.35. The van der Waals surface area contributed by atoms with Crippen molar-refractivity contribution in [1.82, 2.24) is 4.98 Å². The molecule has 0 saturated heterocycles. The van der Waals surface area contributed by atoms with Crippen molar-refractivity contribution in [2.24, 2.45) is 0 Å². The second-order valence-corrected chi connectivity index (χ2v) is 3.41. The van der Waals surface area contributed by atoms with E-state index < -0.39 is 0 Å². The molecule has 0 fully saturated rings. The van der Waals surface area contributed by atoms with Gasteiger partial charge in [-0.25, -0.2) is 4.98 Å². The third-order valence-corrected chi connectivity index (χ3v) is 2.05. The number of nitrogens with zero attached hydrogens (tertiary/aromatic N) is 1. The molecule has 94 valence electrons. The summed E-state index contributed by atoms with van der Waals surface area (Å²) < 4.78 is 15.5. The van der Waals surface area contributed by atoms with Crippen molar-refractivity contribution in [2.75, 3.05) is 33.5 Å². The number of carbonyl (C=O) groups excluding carboxylic acids is 1. The van der Waals surface area contributed by atoms with Crippen LogP contribution in [0.15, 0.2) is 12.1 Å². The fourth-order valence-electron chi connectivity index (χ4n) is 1.23. The molecule has 1 heterocycles. The first kappa shape index (κ1) is 13.6. The molecule has 0 aliphatic carbocycles. The molecule has 0 saturated carbocycles. The average molecular weight is 239 g/mol. The van der Waals surface area contributed by atoms with Gasteiger partial charge in [0.1, 0.15) is 18.1 Å².